The van der Waals surface area contributed by atoms with Gasteiger partial charge in [0.1, 0.15) is 5.76 Å². The number of guanidine groups is 1. The Morgan fingerprint density at radius 2 is 2.21 bits per heavy atom. The van der Waals surface area contributed by atoms with E-state index >= 15 is 0 Å². The summed E-state index contributed by atoms with van der Waals surface area (Å²) >= 11 is 0. The number of hydrogen-bond acceptors (Lipinski definition) is 3. The summed E-state index contributed by atoms with van der Waals surface area (Å²) in [7, 11) is 0. The number of likely N-dealkylation sites (tertiary alicyclic amines) is 1. The van der Waals surface area contributed by atoms with Crippen molar-refractivity contribution < 1.29 is 9.15 Å². The highest BCUT2D eigenvalue weighted by Crippen LogP contribution is 2.39. The van der Waals surface area contributed by atoms with E-state index in [0.29, 0.717) is 12.0 Å². The maximum atomic E-state index is 5.55. The summed E-state index contributed by atoms with van der Waals surface area (Å²) in [5.74, 6) is 2.01. The van der Waals surface area contributed by atoms with Crippen LogP contribution >= 0.6 is 0 Å². The molecule has 24 heavy (non-hydrogen) atoms. The minimum Gasteiger partial charge on any atom is -0.469 e. The molecule has 1 N–H and O–H groups in total. The van der Waals surface area contributed by atoms with Gasteiger partial charge in [-0.2, -0.15) is 0 Å². The first-order valence-corrected chi connectivity index (χ1v) is 8.95. The van der Waals surface area contributed by atoms with Crippen LogP contribution in [0.5, 0.6) is 0 Å². The van der Waals surface area contributed by atoms with Crippen molar-refractivity contribution in [1.82, 2.24) is 10.2 Å². The zero-order chi connectivity index (χ0) is 16.8. The van der Waals surface area contributed by atoms with E-state index in [1.54, 1.807) is 6.26 Å². The summed E-state index contributed by atoms with van der Waals surface area (Å²) in [6, 6.07) is 3.94. The number of hydrogen-bond donors (Lipinski definition) is 1. The van der Waals surface area contributed by atoms with E-state index in [-0.39, 0.29) is 0 Å². The quantitative estimate of drug-likeness (QED) is 0.512. The second-order valence-corrected chi connectivity index (χ2v) is 7.14. The average Bonchev–Trinajstić information content (AvgIpc) is 3.22. The predicted molar refractivity (Wildman–Crippen MR) is 96.2 cm³/mol. The van der Waals surface area contributed by atoms with Crippen LogP contribution in [0.4, 0.5) is 0 Å². The van der Waals surface area contributed by atoms with Gasteiger partial charge in [-0.15, -0.1) is 0 Å². The Bertz CT molecular complexity index is 559. The molecule has 3 rings (SSSR count). The molecule has 1 aromatic heterocycles. The lowest BCUT2D eigenvalue weighted by molar-refractivity contribution is 0.0217. The molecule has 0 radical (unpaired) electrons. The van der Waals surface area contributed by atoms with Gasteiger partial charge >= 0.3 is 0 Å². The van der Waals surface area contributed by atoms with Crippen LogP contribution in [0.3, 0.4) is 0 Å². The monoisotopic (exact) mass is 331 g/mol. The van der Waals surface area contributed by atoms with Crippen molar-refractivity contribution in [3.05, 3.63) is 36.3 Å². The van der Waals surface area contributed by atoms with E-state index in [1.165, 1.54) is 19.3 Å². The summed E-state index contributed by atoms with van der Waals surface area (Å²) < 4.78 is 11.0. The fourth-order valence-electron chi connectivity index (χ4n) is 3.56. The first kappa shape index (κ1) is 17.1. The number of nitrogens with zero attached hydrogens (tertiary/aromatic N) is 2. The molecule has 3 heterocycles. The molecule has 2 aliphatic heterocycles. The second kappa shape index (κ2) is 7.88. The molecule has 0 saturated carbocycles. The highest BCUT2D eigenvalue weighted by Gasteiger charge is 2.40. The zero-order valence-electron chi connectivity index (χ0n) is 14.7. The molecule has 0 unspecified atom stereocenters. The fourth-order valence-corrected chi connectivity index (χ4v) is 3.56. The minimum atomic E-state index is 0.422. The maximum absolute atomic E-state index is 5.55. The normalized spacial score (nSPS) is 20.5. The van der Waals surface area contributed by atoms with Crippen molar-refractivity contribution in [3.8, 4) is 0 Å². The van der Waals surface area contributed by atoms with Crippen LogP contribution in [0.2, 0.25) is 0 Å². The number of furan rings is 1. The lowest BCUT2D eigenvalue weighted by Gasteiger charge is -2.33. The summed E-state index contributed by atoms with van der Waals surface area (Å²) in [5, 5.41) is 3.52. The molecule has 132 valence electrons. The van der Waals surface area contributed by atoms with Gasteiger partial charge in [0.15, 0.2) is 5.96 Å². The lowest BCUT2D eigenvalue weighted by Crippen LogP contribution is -2.43. The number of ether oxygens (including phenoxy) is 1. The molecule has 0 bridgehead atoms. The van der Waals surface area contributed by atoms with E-state index in [2.05, 4.69) is 16.8 Å². The Hall–Kier alpha value is -1.75. The van der Waals surface area contributed by atoms with Gasteiger partial charge in [0, 0.05) is 39.3 Å². The molecule has 1 spiro atoms. The zero-order valence-corrected chi connectivity index (χ0v) is 14.7. The molecule has 2 aliphatic rings. The molecule has 0 aromatic carbocycles. The van der Waals surface area contributed by atoms with Crippen LogP contribution in [0.15, 0.2) is 40.0 Å². The van der Waals surface area contributed by atoms with Gasteiger partial charge in [-0.1, -0.05) is 12.2 Å². The number of aliphatic imine (C=N–C) groups is 1. The van der Waals surface area contributed by atoms with Crippen molar-refractivity contribution >= 4 is 5.96 Å². The van der Waals surface area contributed by atoms with Crippen molar-refractivity contribution in [2.24, 2.45) is 10.4 Å². The van der Waals surface area contributed by atoms with E-state index in [0.717, 1.165) is 56.6 Å². The Balaban J connectivity index is 1.59. The molecule has 5 heteroatoms. The molecule has 5 nitrogen and oxygen atoms in total. The Morgan fingerprint density at radius 1 is 1.38 bits per heavy atom. The number of rotatable bonds is 5. The van der Waals surface area contributed by atoms with Crippen molar-refractivity contribution in [2.45, 2.75) is 32.6 Å². The Labute approximate surface area is 144 Å². The van der Waals surface area contributed by atoms with Crippen LogP contribution in [0, 0.1) is 5.41 Å². The molecule has 0 atom stereocenters. The topological polar surface area (TPSA) is 50.0 Å². The van der Waals surface area contributed by atoms with Gasteiger partial charge in [0.2, 0.25) is 0 Å². The highest BCUT2D eigenvalue weighted by molar-refractivity contribution is 5.80. The average molecular weight is 331 g/mol. The molecule has 2 saturated heterocycles. The summed E-state index contributed by atoms with van der Waals surface area (Å²) in [5.41, 5.74) is 1.51. The van der Waals surface area contributed by atoms with Crippen LogP contribution in [-0.4, -0.2) is 50.3 Å². The Kier molecular flexibility index (Phi) is 5.61. The smallest absolute Gasteiger partial charge is 0.194 e. The molecule has 0 aliphatic carbocycles. The van der Waals surface area contributed by atoms with Gasteiger partial charge in [0.25, 0.3) is 0 Å². The summed E-state index contributed by atoms with van der Waals surface area (Å²) in [4.78, 5) is 7.19. The first-order valence-electron chi connectivity index (χ1n) is 8.95. The molecular formula is C19H29N3O2. The third-order valence-electron chi connectivity index (χ3n) is 5.02. The van der Waals surface area contributed by atoms with E-state index in [1.807, 2.05) is 19.1 Å². The van der Waals surface area contributed by atoms with Gasteiger partial charge < -0.3 is 19.4 Å². The Morgan fingerprint density at radius 3 is 2.92 bits per heavy atom. The number of nitrogens with one attached hydrogen (secondary N) is 1. The van der Waals surface area contributed by atoms with Crippen LogP contribution in [0.1, 0.15) is 31.9 Å². The van der Waals surface area contributed by atoms with Gasteiger partial charge in [-0.25, -0.2) is 4.99 Å². The van der Waals surface area contributed by atoms with Gasteiger partial charge in [-0.3, -0.25) is 0 Å². The lowest BCUT2D eigenvalue weighted by atomic mass is 9.80. The van der Waals surface area contributed by atoms with Gasteiger partial charge in [0.05, 0.1) is 12.8 Å². The van der Waals surface area contributed by atoms with Crippen molar-refractivity contribution in [3.63, 3.8) is 0 Å². The van der Waals surface area contributed by atoms with Crippen LogP contribution in [-0.2, 0) is 11.2 Å². The van der Waals surface area contributed by atoms with Gasteiger partial charge in [-0.05, 0) is 43.7 Å². The molecule has 0 amide bonds. The molecule has 2 fully saturated rings. The molecule has 1 aromatic rings. The largest absolute Gasteiger partial charge is 0.469 e. The maximum Gasteiger partial charge on any atom is 0.194 e. The standard InChI is InChI=1S/C19H29N3O2/c1-16(2)14-21-18(20-9-5-17-4-3-11-24-17)22-10-6-19(15-22)7-12-23-13-8-19/h3-4,11H,1,5-10,12-15H2,2H3,(H,20,21). The third kappa shape index (κ3) is 4.41. The van der Waals surface area contributed by atoms with E-state index < -0.39 is 0 Å². The second-order valence-electron chi connectivity index (χ2n) is 7.14. The first-order chi connectivity index (χ1) is 11.7. The summed E-state index contributed by atoms with van der Waals surface area (Å²) in [6.45, 7) is 11.5. The predicted octanol–water partition coefficient (Wildman–Crippen LogP) is 2.85. The van der Waals surface area contributed by atoms with Crippen molar-refractivity contribution in [1.29, 1.82) is 0 Å². The fraction of sp³-hybridized carbons (Fsp3) is 0.632. The van der Waals surface area contributed by atoms with Crippen LogP contribution < -0.4 is 5.32 Å². The van der Waals surface area contributed by atoms with E-state index in [9.17, 15) is 0 Å². The van der Waals surface area contributed by atoms with E-state index in [4.69, 9.17) is 14.1 Å². The molecular weight excluding hydrogens is 302 g/mol. The van der Waals surface area contributed by atoms with Crippen LogP contribution in [0.25, 0.3) is 0 Å². The van der Waals surface area contributed by atoms with Crippen molar-refractivity contribution in [2.75, 3.05) is 39.4 Å². The highest BCUT2D eigenvalue weighted by atomic mass is 16.5. The summed E-state index contributed by atoms with van der Waals surface area (Å²) in [6.07, 6.45) is 6.17. The third-order valence-corrected chi connectivity index (χ3v) is 5.02. The SMILES string of the molecule is C=C(C)CN=C(NCCc1ccco1)N1CCC2(CCOCC2)C1. The minimum absolute atomic E-state index is 0.422.